The van der Waals surface area contributed by atoms with Crippen molar-refractivity contribution in [1.29, 1.82) is 0 Å². The molecule has 2 atom stereocenters. The van der Waals surface area contributed by atoms with E-state index < -0.39 is 12.0 Å². The second-order valence-corrected chi connectivity index (χ2v) is 4.90. The Hall–Kier alpha value is -0.710. The molecule has 0 bridgehead atoms. The molecule has 1 amide bonds. The number of carboxylic acid groups (broad SMARTS) is 1. The molecule has 0 radical (unpaired) electrons. The zero-order valence-electron chi connectivity index (χ0n) is 8.86. The standard InChI is InChI=1S/C10H17NO3S/c1-2-3-8(10(13)14)11-9(12)7-4-5-15-6-7/h7-8H,2-6H2,1H3,(H,11,12)(H,13,14)/t7?,8-/m0/s1. The number of carboxylic acids is 1. The van der Waals surface area contributed by atoms with Crippen LogP contribution in [0.1, 0.15) is 26.2 Å². The summed E-state index contributed by atoms with van der Waals surface area (Å²) in [5.41, 5.74) is 0. The van der Waals surface area contributed by atoms with Crippen LogP contribution < -0.4 is 5.32 Å². The highest BCUT2D eigenvalue weighted by molar-refractivity contribution is 7.99. The number of hydrogen-bond acceptors (Lipinski definition) is 3. The smallest absolute Gasteiger partial charge is 0.326 e. The number of thioether (sulfide) groups is 1. The maximum Gasteiger partial charge on any atom is 0.326 e. The van der Waals surface area contributed by atoms with Crippen LogP contribution in [0, 0.1) is 5.92 Å². The third-order valence-corrected chi connectivity index (χ3v) is 3.65. The molecular formula is C10H17NO3S. The van der Waals surface area contributed by atoms with Gasteiger partial charge in [0.25, 0.3) is 0 Å². The maximum absolute atomic E-state index is 11.6. The fourth-order valence-corrected chi connectivity index (χ4v) is 2.80. The van der Waals surface area contributed by atoms with Crippen LogP contribution in [0.3, 0.4) is 0 Å². The van der Waals surface area contributed by atoms with Gasteiger partial charge in [0.1, 0.15) is 6.04 Å². The summed E-state index contributed by atoms with van der Waals surface area (Å²) in [4.78, 5) is 22.5. The van der Waals surface area contributed by atoms with Gasteiger partial charge in [0.05, 0.1) is 0 Å². The van der Waals surface area contributed by atoms with Gasteiger partial charge in [0.2, 0.25) is 5.91 Å². The largest absolute Gasteiger partial charge is 0.480 e. The summed E-state index contributed by atoms with van der Waals surface area (Å²) >= 11 is 1.75. The molecule has 5 heteroatoms. The first-order valence-corrected chi connectivity index (χ1v) is 6.41. The number of aliphatic carboxylic acids is 1. The van der Waals surface area contributed by atoms with E-state index in [1.54, 1.807) is 11.8 Å². The Morgan fingerprint density at radius 2 is 2.33 bits per heavy atom. The zero-order chi connectivity index (χ0) is 11.3. The normalized spacial score (nSPS) is 22.3. The van der Waals surface area contributed by atoms with Crippen molar-refractivity contribution in [3.8, 4) is 0 Å². The molecule has 15 heavy (non-hydrogen) atoms. The minimum absolute atomic E-state index is 0.00806. The summed E-state index contributed by atoms with van der Waals surface area (Å²) in [6.45, 7) is 1.91. The van der Waals surface area contributed by atoms with Crippen molar-refractivity contribution < 1.29 is 14.7 Å². The number of nitrogens with one attached hydrogen (secondary N) is 1. The molecule has 0 saturated carbocycles. The first-order chi connectivity index (χ1) is 7.15. The predicted molar refractivity (Wildman–Crippen MR) is 59.9 cm³/mol. The minimum Gasteiger partial charge on any atom is -0.480 e. The third kappa shape index (κ3) is 3.74. The average molecular weight is 231 g/mol. The van der Waals surface area contributed by atoms with Gasteiger partial charge in [0.15, 0.2) is 0 Å². The monoisotopic (exact) mass is 231 g/mol. The summed E-state index contributed by atoms with van der Waals surface area (Å²) in [5, 5.41) is 11.5. The van der Waals surface area contributed by atoms with Crippen LogP contribution in [0.15, 0.2) is 0 Å². The Bertz CT molecular complexity index is 239. The molecule has 1 rings (SSSR count). The lowest BCUT2D eigenvalue weighted by atomic mass is 10.1. The molecule has 0 aromatic rings. The highest BCUT2D eigenvalue weighted by Crippen LogP contribution is 2.23. The van der Waals surface area contributed by atoms with Crippen molar-refractivity contribution in [3.63, 3.8) is 0 Å². The van der Waals surface area contributed by atoms with Gasteiger partial charge in [-0.1, -0.05) is 13.3 Å². The van der Waals surface area contributed by atoms with E-state index in [1.165, 1.54) is 0 Å². The van der Waals surface area contributed by atoms with Gasteiger partial charge in [-0.15, -0.1) is 0 Å². The lowest BCUT2D eigenvalue weighted by molar-refractivity contribution is -0.142. The van der Waals surface area contributed by atoms with Crippen molar-refractivity contribution in [1.82, 2.24) is 5.32 Å². The van der Waals surface area contributed by atoms with E-state index in [0.29, 0.717) is 6.42 Å². The van der Waals surface area contributed by atoms with Gasteiger partial charge in [0, 0.05) is 11.7 Å². The topological polar surface area (TPSA) is 66.4 Å². The second-order valence-electron chi connectivity index (χ2n) is 3.75. The number of amides is 1. The van der Waals surface area contributed by atoms with Crippen molar-refractivity contribution in [2.45, 2.75) is 32.2 Å². The van der Waals surface area contributed by atoms with Gasteiger partial charge >= 0.3 is 5.97 Å². The summed E-state index contributed by atoms with van der Waals surface area (Å²) < 4.78 is 0. The molecule has 1 aliphatic heterocycles. The fourth-order valence-electron chi connectivity index (χ4n) is 1.58. The molecule has 0 aliphatic carbocycles. The number of carbonyl (C=O) groups excluding carboxylic acids is 1. The van der Waals surface area contributed by atoms with Crippen molar-refractivity contribution in [3.05, 3.63) is 0 Å². The Morgan fingerprint density at radius 1 is 1.60 bits per heavy atom. The number of hydrogen-bond donors (Lipinski definition) is 2. The molecule has 0 aromatic heterocycles. The van der Waals surface area contributed by atoms with Crippen LogP contribution in [0.25, 0.3) is 0 Å². The quantitative estimate of drug-likeness (QED) is 0.744. The van der Waals surface area contributed by atoms with Gasteiger partial charge in [-0.05, 0) is 18.6 Å². The summed E-state index contributed by atoms with van der Waals surface area (Å²) in [5.74, 6) is 0.805. The van der Waals surface area contributed by atoms with Gasteiger partial charge in [-0.25, -0.2) is 4.79 Å². The molecule has 4 nitrogen and oxygen atoms in total. The van der Waals surface area contributed by atoms with Crippen molar-refractivity contribution >= 4 is 23.6 Å². The zero-order valence-corrected chi connectivity index (χ0v) is 9.68. The van der Waals surface area contributed by atoms with E-state index in [0.717, 1.165) is 24.3 Å². The summed E-state index contributed by atoms with van der Waals surface area (Å²) in [6, 6.07) is -0.715. The molecule has 0 spiro atoms. The Morgan fingerprint density at radius 3 is 2.80 bits per heavy atom. The number of rotatable bonds is 5. The van der Waals surface area contributed by atoms with E-state index in [-0.39, 0.29) is 11.8 Å². The van der Waals surface area contributed by atoms with Crippen molar-refractivity contribution in [2.75, 3.05) is 11.5 Å². The first-order valence-electron chi connectivity index (χ1n) is 5.26. The molecule has 1 aliphatic rings. The van der Waals surface area contributed by atoms with E-state index in [1.807, 2.05) is 6.92 Å². The van der Waals surface area contributed by atoms with Gasteiger partial charge < -0.3 is 10.4 Å². The summed E-state index contributed by atoms with van der Waals surface area (Å²) in [6.07, 6.45) is 2.13. The highest BCUT2D eigenvalue weighted by atomic mass is 32.2. The Labute approximate surface area is 93.8 Å². The average Bonchev–Trinajstić information content (AvgIpc) is 2.69. The summed E-state index contributed by atoms with van der Waals surface area (Å²) in [7, 11) is 0. The molecule has 2 N–H and O–H groups in total. The Kier molecular flexibility index (Phi) is 4.94. The molecule has 1 saturated heterocycles. The van der Waals surface area contributed by atoms with Crippen LogP contribution in [0.4, 0.5) is 0 Å². The predicted octanol–water partition coefficient (Wildman–Crippen LogP) is 1.11. The lowest BCUT2D eigenvalue weighted by Crippen LogP contribution is -2.43. The third-order valence-electron chi connectivity index (χ3n) is 2.49. The van der Waals surface area contributed by atoms with Crippen LogP contribution in [0.2, 0.25) is 0 Å². The second kappa shape index (κ2) is 6.00. The molecular weight excluding hydrogens is 214 g/mol. The van der Waals surface area contributed by atoms with Gasteiger partial charge in [-0.3, -0.25) is 4.79 Å². The van der Waals surface area contributed by atoms with Crippen LogP contribution in [-0.2, 0) is 9.59 Å². The molecule has 86 valence electrons. The fraction of sp³-hybridized carbons (Fsp3) is 0.800. The van der Waals surface area contributed by atoms with Crippen LogP contribution in [-0.4, -0.2) is 34.5 Å². The number of carbonyl (C=O) groups is 2. The molecule has 1 heterocycles. The van der Waals surface area contributed by atoms with E-state index in [4.69, 9.17) is 5.11 Å². The SMILES string of the molecule is CCC[C@H](NC(=O)C1CCSC1)C(=O)O. The van der Waals surface area contributed by atoms with E-state index >= 15 is 0 Å². The van der Waals surface area contributed by atoms with Gasteiger partial charge in [-0.2, -0.15) is 11.8 Å². The lowest BCUT2D eigenvalue weighted by Gasteiger charge is -2.16. The molecule has 0 aromatic carbocycles. The van der Waals surface area contributed by atoms with E-state index in [2.05, 4.69) is 5.32 Å². The molecule has 1 unspecified atom stereocenters. The van der Waals surface area contributed by atoms with Crippen LogP contribution in [0.5, 0.6) is 0 Å². The maximum atomic E-state index is 11.6. The highest BCUT2D eigenvalue weighted by Gasteiger charge is 2.27. The molecule has 1 fully saturated rings. The first kappa shape index (κ1) is 12.4. The van der Waals surface area contributed by atoms with Crippen molar-refractivity contribution in [2.24, 2.45) is 5.92 Å². The Balaban J connectivity index is 2.42. The van der Waals surface area contributed by atoms with E-state index in [9.17, 15) is 9.59 Å². The minimum atomic E-state index is -0.934. The van der Waals surface area contributed by atoms with Crippen LogP contribution >= 0.6 is 11.8 Å².